The molecule has 15 heavy (non-hydrogen) atoms. The number of rotatable bonds is 2. The molecule has 0 unspecified atom stereocenters. The van der Waals surface area contributed by atoms with Crippen molar-refractivity contribution >= 4 is 22.6 Å². The monoisotopic (exact) mass is 334 g/mol. The molecule has 1 rings (SSSR count). The average Bonchev–Trinajstić information content (AvgIpc) is 2.08. The van der Waals surface area contributed by atoms with Crippen molar-refractivity contribution in [2.24, 2.45) is 5.73 Å². The van der Waals surface area contributed by atoms with Gasteiger partial charge in [-0.25, -0.2) is 0 Å². The van der Waals surface area contributed by atoms with Crippen molar-refractivity contribution in [1.82, 2.24) is 4.98 Å². The molecule has 0 aliphatic carbocycles. The van der Waals surface area contributed by atoms with Gasteiger partial charge in [0, 0.05) is 12.6 Å². The second-order valence-electron chi connectivity index (χ2n) is 2.54. The van der Waals surface area contributed by atoms with Crippen LogP contribution in [0.4, 0.5) is 13.2 Å². The summed E-state index contributed by atoms with van der Waals surface area (Å²) in [6.07, 6.45) is -4.80. The smallest absolute Gasteiger partial charge is 0.404 e. The van der Waals surface area contributed by atoms with Crippen molar-refractivity contribution in [2.45, 2.75) is 12.9 Å². The van der Waals surface area contributed by atoms with Crippen LogP contribution in [0.15, 0.2) is 10.9 Å². The summed E-state index contributed by atoms with van der Waals surface area (Å²) in [5.74, 6) is -0.478. The lowest BCUT2D eigenvalue weighted by Gasteiger charge is -2.12. The third-order valence-electron chi connectivity index (χ3n) is 1.47. The number of nitrogens with one attached hydrogen (secondary N) is 1. The standard InChI is InChI=1S/C7H6F3IN2O2/c8-7(9,10)15-5-1-3(11)6(14)13-4(5)2-12/h1H,2,12H2,(H,13,14). The Balaban J connectivity index is 3.16. The van der Waals surface area contributed by atoms with Gasteiger partial charge in [0.05, 0.1) is 9.26 Å². The molecule has 0 aliphatic rings. The summed E-state index contributed by atoms with van der Waals surface area (Å²) >= 11 is 1.60. The number of nitrogens with two attached hydrogens (primary N) is 1. The number of ether oxygens (including phenoxy) is 1. The molecular formula is C7H6F3IN2O2. The van der Waals surface area contributed by atoms with Gasteiger partial charge in [0.25, 0.3) is 5.56 Å². The van der Waals surface area contributed by atoms with Crippen LogP contribution in [0.2, 0.25) is 0 Å². The van der Waals surface area contributed by atoms with Crippen LogP contribution in [-0.4, -0.2) is 11.3 Å². The van der Waals surface area contributed by atoms with Crippen molar-refractivity contribution in [3.63, 3.8) is 0 Å². The van der Waals surface area contributed by atoms with Gasteiger partial charge in [0.2, 0.25) is 0 Å². The largest absolute Gasteiger partial charge is 0.573 e. The fourth-order valence-corrected chi connectivity index (χ4v) is 1.31. The molecule has 4 nitrogen and oxygen atoms in total. The molecule has 0 saturated carbocycles. The third-order valence-corrected chi connectivity index (χ3v) is 2.27. The molecule has 8 heteroatoms. The highest BCUT2D eigenvalue weighted by atomic mass is 127. The first-order valence-electron chi connectivity index (χ1n) is 3.71. The van der Waals surface area contributed by atoms with Gasteiger partial charge in [-0.1, -0.05) is 0 Å². The van der Waals surface area contributed by atoms with Gasteiger partial charge in [-0.05, 0) is 22.6 Å². The minimum Gasteiger partial charge on any atom is -0.404 e. The van der Waals surface area contributed by atoms with E-state index in [1.165, 1.54) is 0 Å². The molecule has 0 aromatic carbocycles. The first-order chi connectivity index (χ1) is 6.83. The maximum Gasteiger partial charge on any atom is 0.573 e. The summed E-state index contributed by atoms with van der Waals surface area (Å²) in [4.78, 5) is 13.3. The van der Waals surface area contributed by atoms with Crippen LogP contribution >= 0.6 is 22.6 Å². The van der Waals surface area contributed by atoms with Crippen LogP contribution in [0.1, 0.15) is 5.69 Å². The Morgan fingerprint density at radius 1 is 1.53 bits per heavy atom. The van der Waals surface area contributed by atoms with Gasteiger partial charge in [0.1, 0.15) is 0 Å². The molecule has 1 heterocycles. The van der Waals surface area contributed by atoms with Gasteiger partial charge in [0.15, 0.2) is 5.75 Å². The summed E-state index contributed by atoms with van der Waals surface area (Å²) < 4.78 is 39.6. The molecule has 0 saturated heterocycles. The summed E-state index contributed by atoms with van der Waals surface area (Å²) in [7, 11) is 0. The number of H-pyrrole nitrogens is 1. The lowest BCUT2D eigenvalue weighted by molar-refractivity contribution is -0.275. The summed E-state index contributed by atoms with van der Waals surface area (Å²) in [6.45, 7) is -0.239. The van der Waals surface area contributed by atoms with E-state index in [4.69, 9.17) is 5.73 Å². The Morgan fingerprint density at radius 3 is 2.60 bits per heavy atom. The Hall–Kier alpha value is -0.770. The predicted octanol–water partition coefficient (Wildman–Crippen LogP) is 1.34. The quantitative estimate of drug-likeness (QED) is 0.802. The second-order valence-corrected chi connectivity index (χ2v) is 3.70. The molecule has 3 N–H and O–H groups in total. The fourth-order valence-electron chi connectivity index (χ4n) is 0.893. The van der Waals surface area contributed by atoms with E-state index in [1.807, 2.05) is 0 Å². The molecule has 0 fully saturated rings. The average molecular weight is 334 g/mol. The Bertz CT molecular complexity index is 416. The number of aromatic amines is 1. The Kier molecular flexibility index (Phi) is 3.60. The fraction of sp³-hybridized carbons (Fsp3) is 0.286. The van der Waals surface area contributed by atoms with Crippen molar-refractivity contribution in [2.75, 3.05) is 0 Å². The van der Waals surface area contributed by atoms with Crippen LogP contribution in [0.5, 0.6) is 5.75 Å². The predicted molar refractivity (Wildman–Crippen MR) is 54.4 cm³/mol. The number of aromatic nitrogens is 1. The number of hydrogen-bond donors (Lipinski definition) is 2. The molecule has 0 bridgehead atoms. The third kappa shape index (κ3) is 3.38. The molecule has 0 atom stereocenters. The minimum atomic E-state index is -4.80. The van der Waals surface area contributed by atoms with Crippen LogP contribution in [0.3, 0.4) is 0 Å². The molecule has 84 valence electrons. The topological polar surface area (TPSA) is 68.1 Å². The van der Waals surface area contributed by atoms with Crippen LogP contribution in [0, 0.1) is 3.57 Å². The van der Waals surface area contributed by atoms with Crippen molar-refractivity contribution in [3.05, 3.63) is 25.7 Å². The summed E-state index contributed by atoms with van der Waals surface area (Å²) in [5, 5.41) is 0. The van der Waals surface area contributed by atoms with Crippen LogP contribution < -0.4 is 16.0 Å². The number of hydrogen-bond acceptors (Lipinski definition) is 3. The van der Waals surface area contributed by atoms with E-state index in [-0.39, 0.29) is 15.8 Å². The zero-order valence-corrected chi connectivity index (χ0v) is 9.35. The Labute approximate surface area is 95.8 Å². The second kappa shape index (κ2) is 4.39. The number of pyridine rings is 1. The normalized spacial score (nSPS) is 11.5. The highest BCUT2D eigenvalue weighted by Gasteiger charge is 2.32. The first-order valence-corrected chi connectivity index (χ1v) is 4.79. The van der Waals surface area contributed by atoms with E-state index < -0.39 is 17.7 Å². The van der Waals surface area contributed by atoms with Crippen molar-refractivity contribution in [1.29, 1.82) is 0 Å². The molecule has 1 aromatic heterocycles. The zero-order valence-electron chi connectivity index (χ0n) is 7.19. The SMILES string of the molecule is NCc1[nH]c(=O)c(I)cc1OC(F)(F)F. The number of halogens is 4. The molecular weight excluding hydrogens is 328 g/mol. The zero-order chi connectivity index (χ0) is 11.6. The van der Waals surface area contributed by atoms with E-state index in [9.17, 15) is 18.0 Å². The van der Waals surface area contributed by atoms with Gasteiger partial charge in [-0.2, -0.15) is 0 Å². The maximum absolute atomic E-state index is 11.9. The maximum atomic E-state index is 11.9. The summed E-state index contributed by atoms with van der Waals surface area (Å²) in [6, 6.07) is 0.995. The molecule has 0 spiro atoms. The van der Waals surface area contributed by atoms with Crippen molar-refractivity contribution in [3.8, 4) is 5.75 Å². The lowest BCUT2D eigenvalue weighted by atomic mass is 10.3. The van der Waals surface area contributed by atoms with E-state index in [1.54, 1.807) is 22.6 Å². The molecule has 0 amide bonds. The number of alkyl halides is 3. The molecule has 0 radical (unpaired) electrons. The minimum absolute atomic E-state index is 0.0854. The van der Waals surface area contributed by atoms with Crippen molar-refractivity contribution < 1.29 is 17.9 Å². The van der Waals surface area contributed by atoms with Gasteiger partial charge >= 0.3 is 6.36 Å². The highest BCUT2D eigenvalue weighted by Crippen LogP contribution is 2.25. The first kappa shape index (κ1) is 12.3. The molecule has 0 aliphatic heterocycles. The van der Waals surface area contributed by atoms with E-state index in [0.717, 1.165) is 6.07 Å². The molecule has 1 aromatic rings. The van der Waals surface area contributed by atoms with E-state index in [2.05, 4.69) is 9.72 Å². The van der Waals surface area contributed by atoms with E-state index >= 15 is 0 Å². The summed E-state index contributed by atoms with van der Waals surface area (Å²) in [5.41, 5.74) is 4.59. The van der Waals surface area contributed by atoms with Gasteiger partial charge < -0.3 is 15.5 Å². The van der Waals surface area contributed by atoms with Crippen LogP contribution in [-0.2, 0) is 6.54 Å². The van der Waals surface area contributed by atoms with Gasteiger partial charge in [-0.15, -0.1) is 13.2 Å². The van der Waals surface area contributed by atoms with Gasteiger partial charge in [-0.3, -0.25) is 4.79 Å². The highest BCUT2D eigenvalue weighted by molar-refractivity contribution is 14.1. The van der Waals surface area contributed by atoms with Crippen LogP contribution in [0.25, 0.3) is 0 Å². The van der Waals surface area contributed by atoms with E-state index in [0.29, 0.717) is 0 Å². The Morgan fingerprint density at radius 2 is 2.13 bits per heavy atom. The lowest BCUT2D eigenvalue weighted by Crippen LogP contribution is -2.22.